The van der Waals surface area contributed by atoms with E-state index in [1.54, 1.807) is 0 Å². The monoisotopic (exact) mass is 364 g/mol. The van der Waals surface area contributed by atoms with Gasteiger partial charge < -0.3 is 10.2 Å². The van der Waals surface area contributed by atoms with Crippen LogP contribution in [0, 0.1) is 5.82 Å². The maximum Gasteiger partial charge on any atom is 0.238 e. The summed E-state index contributed by atoms with van der Waals surface area (Å²) in [4.78, 5) is 14.1. The lowest BCUT2D eigenvalue weighted by molar-refractivity contribution is -0.120. The number of sulfone groups is 1. The lowest BCUT2D eigenvalue weighted by atomic mass is 10.2. The third kappa shape index (κ3) is 4.57. The Morgan fingerprint density at radius 2 is 1.80 bits per heavy atom. The zero-order valence-electron chi connectivity index (χ0n) is 14.4. The van der Waals surface area contributed by atoms with Crippen LogP contribution >= 0.6 is 0 Å². The molecule has 1 amide bonds. The van der Waals surface area contributed by atoms with Crippen LogP contribution in [0.15, 0.2) is 53.4 Å². The molecule has 0 aliphatic carbocycles. The van der Waals surface area contributed by atoms with Crippen LogP contribution in [0.2, 0.25) is 0 Å². The van der Waals surface area contributed by atoms with Crippen molar-refractivity contribution >= 4 is 21.4 Å². The van der Waals surface area contributed by atoms with Gasteiger partial charge in [0.05, 0.1) is 4.90 Å². The van der Waals surface area contributed by atoms with Gasteiger partial charge in [0.25, 0.3) is 0 Å². The van der Waals surface area contributed by atoms with Crippen molar-refractivity contribution in [3.05, 3.63) is 59.9 Å². The summed E-state index contributed by atoms with van der Waals surface area (Å²) in [6.07, 6.45) is 0. The number of nitrogens with one attached hydrogen (secondary N) is 1. The molecule has 0 aromatic heterocycles. The molecule has 25 heavy (non-hydrogen) atoms. The van der Waals surface area contributed by atoms with E-state index in [9.17, 15) is 17.6 Å². The quantitative estimate of drug-likeness (QED) is 0.799. The number of benzene rings is 2. The third-order valence-corrected chi connectivity index (χ3v) is 5.94. The number of anilines is 1. The predicted octanol–water partition coefficient (Wildman–Crippen LogP) is 2.37. The first-order valence-corrected chi connectivity index (χ1v) is 9.30. The number of amides is 1. The summed E-state index contributed by atoms with van der Waals surface area (Å²) in [6, 6.07) is 12.0. The van der Waals surface area contributed by atoms with Gasteiger partial charge in [0, 0.05) is 26.3 Å². The van der Waals surface area contributed by atoms with Crippen LogP contribution in [0.3, 0.4) is 0 Å². The zero-order valence-corrected chi connectivity index (χ0v) is 15.2. The summed E-state index contributed by atoms with van der Waals surface area (Å²) in [5.74, 6) is -1.13. The summed E-state index contributed by atoms with van der Waals surface area (Å²) in [7, 11) is -0.0444. The van der Waals surface area contributed by atoms with Crippen molar-refractivity contribution in [3.63, 3.8) is 0 Å². The van der Waals surface area contributed by atoms with Gasteiger partial charge in [-0.05, 0) is 48.9 Å². The van der Waals surface area contributed by atoms with E-state index in [0.717, 1.165) is 35.5 Å². The molecule has 1 N–H and O–H groups in total. The van der Waals surface area contributed by atoms with Gasteiger partial charge >= 0.3 is 0 Å². The van der Waals surface area contributed by atoms with E-state index in [2.05, 4.69) is 5.32 Å². The van der Waals surface area contributed by atoms with Crippen molar-refractivity contribution in [3.8, 4) is 0 Å². The first kappa shape index (κ1) is 18.9. The average Bonchev–Trinajstić information content (AvgIpc) is 2.59. The van der Waals surface area contributed by atoms with Gasteiger partial charge in [0.2, 0.25) is 5.91 Å². The molecule has 0 saturated heterocycles. The number of halogens is 1. The predicted molar refractivity (Wildman–Crippen MR) is 95.7 cm³/mol. The fraction of sp³-hybridized carbons (Fsp3) is 0.278. The Morgan fingerprint density at radius 3 is 2.40 bits per heavy atom. The van der Waals surface area contributed by atoms with Crippen LogP contribution in [0.5, 0.6) is 0 Å². The molecule has 2 aromatic carbocycles. The lowest BCUT2D eigenvalue weighted by Gasteiger charge is -2.15. The molecule has 0 fully saturated rings. The third-order valence-electron chi connectivity index (χ3n) is 3.87. The van der Waals surface area contributed by atoms with Crippen LogP contribution in [0.1, 0.15) is 12.5 Å². The second kappa shape index (κ2) is 7.65. The van der Waals surface area contributed by atoms with Gasteiger partial charge in [-0.1, -0.05) is 12.1 Å². The molecule has 0 spiro atoms. The summed E-state index contributed by atoms with van der Waals surface area (Å²) in [6.45, 7) is 1.55. The topological polar surface area (TPSA) is 66.5 Å². The van der Waals surface area contributed by atoms with Crippen molar-refractivity contribution in [1.82, 2.24) is 5.32 Å². The molecule has 5 nitrogen and oxygen atoms in total. The molecule has 1 unspecified atom stereocenters. The Bertz CT molecular complexity index is 849. The zero-order chi connectivity index (χ0) is 18.6. The van der Waals surface area contributed by atoms with E-state index in [1.165, 1.54) is 6.92 Å². The van der Waals surface area contributed by atoms with Crippen LogP contribution in [-0.2, 0) is 21.2 Å². The van der Waals surface area contributed by atoms with Gasteiger partial charge in [-0.15, -0.1) is 0 Å². The first-order valence-electron chi connectivity index (χ1n) is 7.75. The summed E-state index contributed by atoms with van der Waals surface area (Å²) < 4.78 is 37.9. The highest BCUT2D eigenvalue weighted by Gasteiger charge is 2.29. The molecule has 2 rings (SSSR count). The van der Waals surface area contributed by atoms with E-state index in [0.29, 0.717) is 0 Å². The number of carbonyl (C=O) groups is 1. The van der Waals surface area contributed by atoms with E-state index in [1.807, 2.05) is 43.3 Å². The number of nitrogens with zero attached hydrogens (tertiary/aromatic N) is 1. The SMILES string of the molecule is CC(C(=O)NCc1cccc(N(C)C)c1)S(=O)(=O)c1ccc(F)cc1. The molecule has 0 saturated carbocycles. The molecule has 134 valence electrons. The van der Waals surface area contributed by atoms with E-state index < -0.39 is 26.8 Å². The number of hydrogen-bond donors (Lipinski definition) is 1. The largest absolute Gasteiger partial charge is 0.378 e. The Labute approximate surface area is 147 Å². The molecule has 1 atom stereocenters. The standard InChI is InChI=1S/C18H21FN2O3S/c1-13(25(23,24)17-9-7-15(19)8-10-17)18(22)20-12-14-5-4-6-16(11-14)21(2)3/h4-11,13H,12H2,1-3H3,(H,20,22). The van der Waals surface area contributed by atoms with Gasteiger partial charge in [-0.25, -0.2) is 12.8 Å². The van der Waals surface area contributed by atoms with Crippen molar-refractivity contribution in [1.29, 1.82) is 0 Å². The second-order valence-electron chi connectivity index (χ2n) is 5.92. The Kier molecular flexibility index (Phi) is 5.79. The maximum atomic E-state index is 13.0. The molecule has 0 bridgehead atoms. The summed E-state index contributed by atoms with van der Waals surface area (Å²) in [5, 5.41) is 1.37. The van der Waals surface area contributed by atoms with Gasteiger partial charge in [-0.2, -0.15) is 0 Å². The van der Waals surface area contributed by atoms with E-state index in [-0.39, 0.29) is 11.4 Å². The maximum absolute atomic E-state index is 13.0. The molecule has 0 radical (unpaired) electrons. The van der Waals surface area contributed by atoms with Crippen LogP contribution in [0.4, 0.5) is 10.1 Å². The van der Waals surface area contributed by atoms with Crippen molar-refractivity contribution in [2.75, 3.05) is 19.0 Å². The smallest absolute Gasteiger partial charge is 0.238 e. The molecule has 0 heterocycles. The van der Waals surface area contributed by atoms with Crippen molar-refractivity contribution < 1.29 is 17.6 Å². The summed E-state index contributed by atoms with van der Waals surface area (Å²) in [5.41, 5.74) is 1.85. The minimum atomic E-state index is -3.87. The highest BCUT2D eigenvalue weighted by atomic mass is 32.2. The average molecular weight is 364 g/mol. The Hall–Kier alpha value is -2.41. The van der Waals surface area contributed by atoms with Crippen molar-refractivity contribution in [2.24, 2.45) is 0 Å². The molecule has 2 aromatic rings. The second-order valence-corrected chi connectivity index (χ2v) is 8.19. The number of rotatable bonds is 6. The van der Waals surface area contributed by atoms with Gasteiger partial charge in [0.1, 0.15) is 11.1 Å². The van der Waals surface area contributed by atoms with Crippen LogP contribution < -0.4 is 10.2 Å². The highest BCUT2D eigenvalue weighted by Crippen LogP contribution is 2.17. The summed E-state index contributed by atoms with van der Waals surface area (Å²) >= 11 is 0. The molecule has 7 heteroatoms. The van der Waals surface area contributed by atoms with Crippen LogP contribution in [-0.4, -0.2) is 33.7 Å². The van der Waals surface area contributed by atoms with Gasteiger partial charge in [-0.3, -0.25) is 4.79 Å². The van der Waals surface area contributed by atoms with Crippen LogP contribution in [0.25, 0.3) is 0 Å². The molecular weight excluding hydrogens is 343 g/mol. The Balaban J connectivity index is 2.07. The normalized spacial score (nSPS) is 12.5. The lowest BCUT2D eigenvalue weighted by Crippen LogP contribution is -2.37. The number of carbonyl (C=O) groups excluding carboxylic acids is 1. The molecule has 0 aliphatic heterocycles. The fourth-order valence-corrected chi connectivity index (χ4v) is 3.54. The molecular formula is C18H21FN2O3S. The molecule has 0 aliphatic rings. The minimum absolute atomic E-state index is 0.0776. The Morgan fingerprint density at radius 1 is 1.16 bits per heavy atom. The van der Waals surface area contributed by atoms with Gasteiger partial charge in [0.15, 0.2) is 9.84 Å². The van der Waals surface area contributed by atoms with Crippen molar-refractivity contribution in [2.45, 2.75) is 23.6 Å². The number of hydrogen-bond acceptors (Lipinski definition) is 4. The first-order chi connectivity index (χ1) is 11.7. The minimum Gasteiger partial charge on any atom is -0.378 e. The fourth-order valence-electron chi connectivity index (χ4n) is 2.25. The highest BCUT2D eigenvalue weighted by molar-refractivity contribution is 7.92. The van der Waals surface area contributed by atoms with E-state index in [4.69, 9.17) is 0 Å². The van der Waals surface area contributed by atoms with E-state index >= 15 is 0 Å².